The molecule has 0 aliphatic heterocycles. The van der Waals surface area contributed by atoms with E-state index in [1.165, 1.54) is 25.1 Å². The van der Waals surface area contributed by atoms with Gasteiger partial charge in [-0.1, -0.05) is 11.6 Å². The normalized spacial score (nSPS) is 14.1. The van der Waals surface area contributed by atoms with Crippen LogP contribution in [0, 0.1) is 6.07 Å². The second-order valence-corrected chi connectivity index (χ2v) is 6.05. The van der Waals surface area contributed by atoms with Gasteiger partial charge in [0.25, 0.3) is 0 Å². The maximum absolute atomic E-state index is 11.4. The summed E-state index contributed by atoms with van der Waals surface area (Å²) in [6, 6.07) is 6.78. The molecule has 13 heavy (non-hydrogen) atoms. The molecule has 0 aromatic heterocycles. The third-order valence-corrected chi connectivity index (χ3v) is 4.21. The van der Waals surface area contributed by atoms with Crippen LogP contribution in [0.1, 0.15) is 6.92 Å². The van der Waals surface area contributed by atoms with Crippen LogP contribution in [0.3, 0.4) is 0 Å². The largest absolute Gasteiger partial charge is 0.222 e. The third-order valence-electron chi connectivity index (χ3n) is 1.50. The van der Waals surface area contributed by atoms with Crippen LogP contribution in [0.15, 0.2) is 23.1 Å². The highest BCUT2D eigenvalue weighted by molar-refractivity contribution is 7.93. The molecule has 1 rings (SSSR count). The van der Waals surface area contributed by atoms with Crippen LogP contribution in [-0.4, -0.2) is 13.1 Å². The molecule has 0 heterocycles. The number of halogens is 2. The second-order valence-electron chi connectivity index (χ2n) is 2.46. The zero-order valence-electron chi connectivity index (χ0n) is 6.79. The lowest BCUT2D eigenvalue weighted by Crippen LogP contribution is -2.11. The third kappa shape index (κ3) is 2.36. The van der Waals surface area contributed by atoms with Gasteiger partial charge in [0.05, 0.1) is 4.90 Å². The minimum atomic E-state index is -3.42. The van der Waals surface area contributed by atoms with E-state index in [1.54, 1.807) is 0 Å². The lowest BCUT2D eigenvalue weighted by atomic mass is 10.4. The van der Waals surface area contributed by atoms with E-state index < -0.39 is 14.5 Å². The minimum absolute atomic E-state index is 0.138. The summed E-state index contributed by atoms with van der Waals surface area (Å²) in [5.74, 6) is 0. The van der Waals surface area contributed by atoms with Crippen molar-refractivity contribution in [3.63, 3.8) is 0 Å². The standard InChI is InChI=1S/C8H7Cl2O2S/c1-6(9)13(11,12)8-4-2-7(10)3-5-8/h2,4-6H,1H3. The molecule has 71 valence electrons. The predicted octanol–water partition coefficient (Wildman–Crippen LogP) is 2.50. The predicted molar refractivity (Wildman–Crippen MR) is 52.8 cm³/mol. The molecular weight excluding hydrogens is 231 g/mol. The molecule has 2 nitrogen and oxygen atoms in total. The van der Waals surface area contributed by atoms with Crippen molar-refractivity contribution in [3.8, 4) is 0 Å². The van der Waals surface area contributed by atoms with Crippen LogP contribution in [0.2, 0.25) is 5.02 Å². The van der Waals surface area contributed by atoms with E-state index in [9.17, 15) is 8.42 Å². The average Bonchev–Trinajstić information content (AvgIpc) is 2.04. The molecule has 0 saturated heterocycles. The highest BCUT2D eigenvalue weighted by Crippen LogP contribution is 2.19. The Bertz CT molecular complexity index is 381. The van der Waals surface area contributed by atoms with Gasteiger partial charge in [-0.2, -0.15) is 0 Å². The zero-order chi connectivity index (χ0) is 10.1. The average molecular weight is 238 g/mol. The number of benzene rings is 1. The lowest BCUT2D eigenvalue weighted by Gasteiger charge is -2.04. The molecule has 1 radical (unpaired) electrons. The van der Waals surface area contributed by atoms with Crippen molar-refractivity contribution >= 4 is 33.0 Å². The molecule has 5 heteroatoms. The first kappa shape index (κ1) is 10.8. The van der Waals surface area contributed by atoms with E-state index in [1.807, 2.05) is 0 Å². The van der Waals surface area contributed by atoms with Crippen molar-refractivity contribution in [1.29, 1.82) is 0 Å². The Hall–Kier alpha value is -0.250. The van der Waals surface area contributed by atoms with Gasteiger partial charge in [-0.15, -0.1) is 11.6 Å². The first-order valence-electron chi connectivity index (χ1n) is 3.50. The summed E-state index contributed by atoms with van der Waals surface area (Å²) in [6.07, 6.45) is 0. The number of hydrogen-bond donors (Lipinski definition) is 0. The molecule has 0 spiro atoms. The van der Waals surface area contributed by atoms with Crippen molar-refractivity contribution in [1.82, 2.24) is 0 Å². The van der Waals surface area contributed by atoms with E-state index in [0.29, 0.717) is 5.02 Å². The number of alkyl halides is 1. The van der Waals surface area contributed by atoms with Crippen LogP contribution in [0.5, 0.6) is 0 Å². The highest BCUT2D eigenvalue weighted by atomic mass is 35.5. The molecule has 0 aliphatic carbocycles. The van der Waals surface area contributed by atoms with Crippen molar-refractivity contribution in [2.75, 3.05) is 0 Å². The lowest BCUT2D eigenvalue weighted by molar-refractivity contribution is 0.594. The Kier molecular flexibility index (Phi) is 3.22. The van der Waals surface area contributed by atoms with Gasteiger partial charge in [0, 0.05) is 11.1 Å². The van der Waals surface area contributed by atoms with Crippen molar-refractivity contribution in [2.45, 2.75) is 16.5 Å². The molecule has 1 aromatic carbocycles. The molecule has 0 aliphatic rings. The van der Waals surface area contributed by atoms with Crippen LogP contribution in [0.25, 0.3) is 0 Å². The second kappa shape index (κ2) is 3.86. The monoisotopic (exact) mass is 237 g/mol. The molecule has 0 saturated carbocycles. The first-order chi connectivity index (χ1) is 5.94. The fourth-order valence-corrected chi connectivity index (χ4v) is 2.04. The Morgan fingerprint density at radius 3 is 2.46 bits per heavy atom. The summed E-state index contributed by atoms with van der Waals surface area (Å²) in [5, 5.41) is 0.376. The Labute approximate surface area is 87.4 Å². The maximum Gasteiger partial charge on any atom is 0.194 e. The van der Waals surface area contributed by atoms with Crippen LogP contribution < -0.4 is 0 Å². The summed E-state index contributed by atoms with van der Waals surface area (Å²) in [4.78, 5) is 0.138. The molecule has 1 unspecified atom stereocenters. The Morgan fingerprint density at radius 1 is 1.46 bits per heavy atom. The van der Waals surface area contributed by atoms with Crippen LogP contribution in [-0.2, 0) is 9.84 Å². The van der Waals surface area contributed by atoms with Gasteiger partial charge in [-0.05, 0) is 25.1 Å². The van der Waals surface area contributed by atoms with Crippen LogP contribution >= 0.6 is 23.2 Å². The summed E-state index contributed by atoms with van der Waals surface area (Å²) in [5.41, 5.74) is 0. The summed E-state index contributed by atoms with van der Waals surface area (Å²) >= 11 is 11.1. The zero-order valence-corrected chi connectivity index (χ0v) is 9.12. The van der Waals surface area contributed by atoms with Gasteiger partial charge in [0.1, 0.15) is 4.71 Å². The quantitative estimate of drug-likeness (QED) is 0.742. The van der Waals surface area contributed by atoms with Gasteiger partial charge in [0.15, 0.2) is 9.84 Å². The first-order valence-corrected chi connectivity index (χ1v) is 5.86. The van der Waals surface area contributed by atoms with E-state index in [4.69, 9.17) is 23.2 Å². The Morgan fingerprint density at radius 2 is 2.08 bits per heavy atom. The van der Waals surface area contributed by atoms with E-state index >= 15 is 0 Å². The van der Waals surface area contributed by atoms with E-state index in [-0.39, 0.29) is 4.90 Å². The molecular formula is C8H7Cl2O2S. The number of sulfone groups is 1. The molecule has 1 atom stereocenters. The van der Waals surface area contributed by atoms with Gasteiger partial charge in [-0.3, -0.25) is 0 Å². The van der Waals surface area contributed by atoms with E-state index in [0.717, 1.165) is 0 Å². The highest BCUT2D eigenvalue weighted by Gasteiger charge is 2.20. The van der Waals surface area contributed by atoms with Gasteiger partial charge in [-0.25, -0.2) is 8.42 Å². The topological polar surface area (TPSA) is 34.1 Å². The van der Waals surface area contributed by atoms with Crippen molar-refractivity contribution in [3.05, 3.63) is 29.3 Å². The SMILES string of the molecule is CC(Cl)S(=O)(=O)c1c[c]c(Cl)cc1. The summed E-state index contributed by atoms with van der Waals surface area (Å²) < 4.78 is 22.0. The molecule has 1 aromatic rings. The van der Waals surface area contributed by atoms with Crippen LogP contribution in [0.4, 0.5) is 0 Å². The molecule has 0 fully saturated rings. The fraction of sp³-hybridized carbons (Fsp3) is 0.250. The Balaban J connectivity index is 3.17. The molecule has 0 amide bonds. The van der Waals surface area contributed by atoms with Gasteiger partial charge < -0.3 is 0 Å². The fourth-order valence-electron chi connectivity index (χ4n) is 0.756. The summed E-state index contributed by atoms with van der Waals surface area (Å²) in [6.45, 7) is 1.41. The molecule has 0 bridgehead atoms. The van der Waals surface area contributed by atoms with Gasteiger partial charge >= 0.3 is 0 Å². The van der Waals surface area contributed by atoms with E-state index in [2.05, 4.69) is 6.07 Å². The number of hydrogen-bond acceptors (Lipinski definition) is 2. The summed E-state index contributed by atoms with van der Waals surface area (Å²) in [7, 11) is -3.42. The van der Waals surface area contributed by atoms with Crippen molar-refractivity contribution < 1.29 is 8.42 Å². The maximum atomic E-state index is 11.4. The van der Waals surface area contributed by atoms with Gasteiger partial charge in [0.2, 0.25) is 0 Å². The molecule has 0 N–H and O–H groups in total. The van der Waals surface area contributed by atoms with Crippen molar-refractivity contribution in [2.24, 2.45) is 0 Å². The number of rotatable bonds is 2. The minimum Gasteiger partial charge on any atom is -0.222 e. The smallest absolute Gasteiger partial charge is 0.194 e.